The van der Waals surface area contributed by atoms with Crippen LogP contribution in [0, 0.1) is 5.82 Å². The number of halogens is 1. The Morgan fingerprint density at radius 3 is 2.61 bits per heavy atom. The van der Waals surface area contributed by atoms with E-state index in [2.05, 4.69) is 11.6 Å². The molecule has 9 heteroatoms. The van der Waals surface area contributed by atoms with Crippen LogP contribution in [0.25, 0.3) is 5.57 Å². The molecular formula is C27H22FN3O4S. The predicted octanol–water partition coefficient (Wildman–Crippen LogP) is 2.84. The maximum atomic E-state index is 14.0. The minimum absolute atomic E-state index is 0.144. The fraction of sp³-hybridized carbons (Fsp3) is 0.185. The molecule has 3 aromatic rings. The lowest BCUT2D eigenvalue weighted by Crippen LogP contribution is -2.41. The van der Waals surface area contributed by atoms with Crippen LogP contribution in [0.3, 0.4) is 0 Å². The van der Waals surface area contributed by atoms with E-state index in [4.69, 9.17) is 4.74 Å². The topological polar surface area (TPSA) is 81.0 Å². The minimum atomic E-state index is -0.883. The van der Waals surface area contributed by atoms with Gasteiger partial charge in [0.2, 0.25) is 0 Å². The summed E-state index contributed by atoms with van der Waals surface area (Å²) in [5.41, 5.74) is 2.29. The molecule has 0 saturated heterocycles. The molecule has 0 saturated carbocycles. The summed E-state index contributed by atoms with van der Waals surface area (Å²) in [6.45, 7) is 7.54. The van der Waals surface area contributed by atoms with Gasteiger partial charge in [-0.1, -0.05) is 47.7 Å². The lowest BCUT2D eigenvalue weighted by atomic mass is 9.96. The standard InChI is InChI=1S/C27H22FN3O4S/c1-4-14-30-19-9-7-6-8-18(19)21(24(30)32)23-25(33)31-22(16-10-12-17(28)13-11-16)20(26(34)35-5-2)15(3)29-27(31)36-23/h4,6-13,22H,1,5,14H2,2-3H3. The van der Waals surface area contributed by atoms with Gasteiger partial charge in [-0.25, -0.2) is 14.2 Å². The van der Waals surface area contributed by atoms with Crippen LogP contribution in [0.4, 0.5) is 10.1 Å². The lowest BCUT2D eigenvalue weighted by Gasteiger charge is -2.24. The number of ether oxygens (including phenoxy) is 1. The quantitative estimate of drug-likeness (QED) is 0.396. The summed E-state index contributed by atoms with van der Waals surface area (Å²) in [6.07, 6.45) is 1.63. The number of benzene rings is 2. The van der Waals surface area contributed by atoms with E-state index in [1.54, 1.807) is 30.9 Å². The molecule has 2 aliphatic heterocycles. The van der Waals surface area contributed by atoms with Gasteiger partial charge < -0.3 is 9.64 Å². The molecule has 1 aromatic heterocycles. The number of carbonyl (C=O) groups is 2. The molecule has 0 spiro atoms. The van der Waals surface area contributed by atoms with Crippen LogP contribution in [0.15, 0.2) is 82.2 Å². The third-order valence-corrected chi connectivity index (χ3v) is 7.19. The van der Waals surface area contributed by atoms with Crippen LogP contribution in [0.5, 0.6) is 0 Å². The highest BCUT2D eigenvalue weighted by Crippen LogP contribution is 2.35. The van der Waals surface area contributed by atoms with Gasteiger partial charge in [0.15, 0.2) is 4.80 Å². The highest BCUT2D eigenvalue weighted by Gasteiger charge is 2.37. The largest absolute Gasteiger partial charge is 0.463 e. The summed E-state index contributed by atoms with van der Waals surface area (Å²) < 4.78 is 20.6. The van der Waals surface area contributed by atoms with Gasteiger partial charge in [-0.05, 0) is 37.6 Å². The van der Waals surface area contributed by atoms with Crippen molar-refractivity contribution in [1.29, 1.82) is 0 Å². The molecule has 1 amide bonds. The molecule has 3 heterocycles. The summed E-state index contributed by atoms with van der Waals surface area (Å²) in [5, 5.41) is 0. The van der Waals surface area contributed by atoms with Crippen molar-refractivity contribution >= 4 is 34.5 Å². The Morgan fingerprint density at radius 2 is 1.92 bits per heavy atom. The number of hydrogen-bond acceptors (Lipinski definition) is 6. The van der Waals surface area contributed by atoms with Crippen molar-refractivity contribution < 1.29 is 18.7 Å². The number of carbonyl (C=O) groups excluding carboxylic acids is 2. The van der Waals surface area contributed by atoms with Crippen molar-refractivity contribution in [2.75, 3.05) is 18.1 Å². The van der Waals surface area contributed by atoms with Crippen molar-refractivity contribution in [3.05, 3.63) is 109 Å². The van der Waals surface area contributed by atoms with Crippen LogP contribution in [-0.4, -0.2) is 29.6 Å². The lowest BCUT2D eigenvalue weighted by molar-refractivity contribution is -0.139. The average molecular weight is 504 g/mol. The summed E-state index contributed by atoms with van der Waals surface area (Å²) in [7, 11) is 0. The van der Waals surface area contributed by atoms with Gasteiger partial charge in [0.1, 0.15) is 10.3 Å². The zero-order chi connectivity index (χ0) is 25.6. The SMILES string of the molecule is C=CCN1C(=O)C(=c2sc3n(c2=O)C(c2ccc(F)cc2)C(C(=O)OCC)=C(C)N=3)c2ccccc21. The number of aromatic nitrogens is 1. The van der Waals surface area contributed by atoms with Crippen LogP contribution in [0.2, 0.25) is 0 Å². The number of anilines is 1. The number of esters is 1. The third-order valence-electron chi connectivity index (χ3n) is 6.14. The molecule has 182 valence electrons. The Balaban J connectivity index is 1.82. The van der Waals surface area contributed by atoms with Crippen molar-refractivity contribution in [3.63, 3.8) is 0 Å². The number of allylic oxidation sites excluding steroid dienone is 1. The van der Waals surface area contributed by atoms with E-state index in [0.29, 0.717) is 33.9 Å². The van der Waals surface area contributed by atoms with E-state index < -0.39 is 23.4 Å². The van der Waals surface area contributed by atoms with E-state index in [-0.39, 0.29) is 28.2 Å². The number of para-hydroxylation sites is 1. The average Bonchev–Trinajstić information content (AvgIpc) is 3.32. The maximum absolute atomic E-state index is 14.0. The first-order valence-electron chi connectivity index (χ1n) is 11.4. The second-order valence-electron chi connectivity index (χ2n) is 8.27. The van der Waals surface area contributed by atoms with Crippen LogP contribution >= 0.6 is 11.3 Å². The number of fused-ring (bicyclic) bond motifs is 2. The van der Waals surface area contributed by atoms with Crippen molar-refractivity contribution in [2.24, 2.45) is 4.99 Å². The highest BCUT2D eigenvalue weighted by molar-refractivity contribution is 7.07. The van der Waals surface area contributed by atoms with Gasteiger partial charge in [-0.3, -0.25) is 14.2 Å². The third kappa shape index (κ3) is 3.63. The van der Waals surface area contributed by atoms with Crippen LogP contribution in [-0.2, 0) is 14.3 Å². The Kier molecular flexibility index (Phi) is 6.01. The first-order valence-corrected chi connectivity index (χ1v) is 12.2. The molecule has 0 fully saturated rings. The van der Waals surface area contributed by atoms with E-state index in [9.17, 15) is 18.8 Å². The molecular weight excluding hydrogens is 481 g/mol. The molecule has 1 unspecified atom stereocenters. The fourth-order valence-electron chi connectivity index (χ4n) is 4.61. The minimum Gasteiger partial charge on any atom is -0.463 e. The van der Waals surface area contributed by atoms with Gasteiger partial charge in [0.05, 0.1) is 35.2 Å². The first-order chi connectivity index (χ1) is 17.4. The normalized spacial score (nSPS) is 18.0. The highest BCUT2D eigenvalue weighted by atomic mass is 32.1. The summed E-state index contributed by atoms with van der Waals surface area (Å²) in [4.78, 5) is 46.9. The number of rotatable bonds is 5. The first kappa shape index (κ1) is 23.6. The summed E-state index contributed by atoms with van der Waals surface area (Å²) >= 11 is 1.09. The van der Waals surface area contributed by atoms with Gasteiger partial charge in [-0.15, -0.1) is 6.58 Å². The Labute approximate surface area is 209 Å². The van der Waals surface area contributed by atoms with E-state index >= 15 is 0 Å². The van der Waals surface area contributed by atoms with Crippen molar-refractivity contribution in [3.8, 4) is 0 Å². The van der Waals surface area contributed by atoms with Crippen molar-refractivity contribution in [1.82, 2.24) is 4.57 Å². The van der Waals surface area contributed by atoms with Crippen molar-refractivity contribution in [2.45, 2.75) is 19.9 Å². The van der Waals surface area contributed by atoms with E-state index in [0.717, 1.165) is 11.3 Å². The monoisotopic (exact) mass is 503 g/mol. The zero-order valence-corrected chi connectivity index (χ0v) is 20.5. The molecule has 36 heavy (non-hydrogen) atoms. The number of thiazole rings is 1. The molecule has 0 N–H and O–H groups in total. The van der Waals surface area contributed by atoms with Gasteiger partial charge in [-0.2, -0.15) is 0 Å². The van der Waals surface area contributed by atoms with E-state index in [1.807, 2.05) is 18.2 Å². The van der Waals surface area contributed by atoms with Gasteiger partial charge in [0.25, 0.3) is 11.5 Å². The summed E-state index contributed by atoms with van der Waals surface area (Å²) in [6, 6.07) is 12.0. The molecule has 5 rings (SSSR count). The molecule has 7 nitrogen and oxygen atoms in total. The van der Waals surface area contributed by atoms with Gasteiger partial charge in [0, 0.05) is 12.1 Å². The predicted molar refractivity (Wildman–Crippen MR) is 135 cm³/mol. The Bertz CT molecular complexity index is 1630. The fourth-order valence-corrected chi connectivity index (χ4v) is 5.75. The van der Waals surface area contributed by atoms with Gasteiger partial charge >= 0.3 is 5.97 Å². The Morgan fingerprint density at radius 1 is 1.19 bits per heavy atom. The van der Waals surface area contributed by atoms with E-state index in [1.165, 1.54) is 28.8 Å². The molecule has 0 aliphatic carbocycles. The zero-order valence-electron chi connectivity index (χ0n) is 19.7. The second kappa shape index (κ2) is 9.16. The summed E-state index contributed by atoms with van der Waals surface area (Å²) in [5.74, 6) is -1.35. The molecule has 0 radical (unpaired) electrons. The molecule has 0 bridgehead atoms. The molecule has 1 atom stereocenters. The maximum Gasteiger partial charge on any atom is 0.338 e. The smallest absolute Gasteiger partial charge is 0.338 e. The Hall–Kier alpha value is -4.11. The molecule has 2 aliphatic rings. The van der Waals surface area contributed by atoms with Crippen LogP contribution in [0.1, 0.15) is 31.0 Å². The number of hydrogen-bond donors (Lipinski definition) is 0. The second-order valence-corrected chi connectivity index (χ2v) is 9.25. The number of amides is 1. The number of nitrogens with zero attached hydrogens (tertiary/aromatic N) is 3. The molecule has 2 aromatic carbocycles. The van der Waals surface area contributed by atoms with Crippen LogP contribution < -0.4 is 19.8 Å².